The quantitative estimate of drug-likeness (QED) is 0.737. The van der Waals surface area contributed by atoms with Crippen LogP contribution in [0.25, 0.3) is 5.82 Å². The van der Waals surface area contributed by atoms with Crippen LogP contribution in [0.15, 0.2) is 54.2 Å². The molecule has 0 unspecified atom stereocenters. The van der Waals surface area contributed by atoms with Crippen molar-refractivity contribution in [3.05, 3.63) is 49.3 Å². The van der Waals surface area contributed by atoms with Crippen molar-refractivity contribution < 1.29 is 13.2 Å². The maximum Gasteiger partial charge on any atom is 0.266 e. The van der Waals surface area contributed by atoms with E-state index in [0.717, 1.165) is 0 Å². The molecule has 2 heterocycles. The fourth-order valence-electron chi connectivity index (χ4n) is 1.89. The molecule has 0 spiro atoms. The Balaban J connectivity index is 1.94. The molecule has 10 heteroatoms. The highest BCUT2D eigenvalue weighted by atomic mass is 32.2. The lowest BCUT2D eigenvalue weighted by Crippen LogP contribution is -2.15. The molecule has 0 aliphatic heterocycles. The molecule has 3 aromatic rings. The van der Waals surface area contributed by atoms with Crippen molar-refractivity contribution in [3.8, 4) is 11.6 Å². The third kappa shape index (κ3) is 3.11. The van der Waals surface area contributed by atoms with Crippen LogP contribution in [-0.4, -0.2) is 40.3 Å². The maximum atomic E-state index is 12.5. The number of methoxy groups -OCH3 is 1. The number of anilines is 1. The van der Waals surface area contributed by atoms with Gasteiger partial charge < -0.3 is 4.74 Å². The van der Waals surface area contributed by atoms with Crippen LogP contribution in [0.4, 0.5) is 5.82 Å². The van der Waals surface area contributed by atoms with Gasteiger partial charge in [0.1, 0.15) is 35.4 Å². The van der Waals surface area contributed by atoms with Gasteiger partial charge in [-0.2, -0.15) is 5.10 Å². The van der Waals surface area contributed by atoms with Gasteiger partial charge in [-0.05, 0) is 12.1 Å². The summed E-state index contributed by atoms with van der Waals surface area (Å²) in [6, 6.07) is 7.75. The topological polar surface area (TPSA) is 112 Å². The second-order valence-corrected chi connectivity index (χ2v) is 6.01. The Morgan fingerprint density at radius 1 is 1.17 bits per heavy atom. The summed E-state index contributed by atoms with van der Waals surface area (Å²) in [7, 11) is -2.45. The van der Waals surface area contributed by atoms with Crippen molar-refractivity contribution in [2.75, 3.05) is 11.8 Å². The van der Waals surface area contributed by atoms with E-state index in [1.807, 2.05) is 0 Å². The average molecular weight is 332 g/mol. The Kier molecular flexibility index (Phi) is 3.89. The number of benzene rings is 1. The summed E-state index contributed by atoms with van der Waals surface area (Å²) in [5.74, 6) is 0.734. The van der Waals surface area contributed by atoms with Crippen LogP contribution in [0.3, 0.4) is 0 Å². The molecule has 0 aliphatic rings. The molecule has 2 aromatic heterocycles. The van der Waals surface area contributed by atoms with E-state index in [4.69, 9.17) is 4.74 Å². The molecule has 0 amide bonds. The van der Waals surface area contributed by atoms with Gasteiger partial charge in [0.25, 0.3) is 10.0 Å². The Morgan fingerprint density at radius 3 is 2.74 bits per heavy atom. The van der Waals surface area contributed by atoms with Crippen molar-refractivity contribution in [1.82, 2.24) is 24.7 Å². The summed E-state index contributed by atoms with van der Waals surface area (Å²) in [5, 5.41) is 3.93. The first-order chi connectivity index (χ1) is 11.1. The van der Waals surface area contributed by atoms with Gasteiger partial charge in [0.15, 0.2) is 5.82 Å². The van der Waals surface area contributed by atoms with Gasteiger partial charge in [-0.1, -0.05) is 12.1 Å². The molecule has 1 aromatic carbocycles. The van der Waals surface area contributed by atoms with Gasteiger partial charge >= 0.3 is 0 Å². The first-order valence-corrected chi connectivity index (χ1v) is 7.91. The minimum Gasteiger partial charge on any atom is -0.495 e. The third-order valence-corrected chi connectivity index (χ3v) is 4.30. The molecular weight excluding hydrogens is 320 g/mol. The van der Waals surface area contributed by atoms with Gasteiger partial charge in [0, 0.05) is 6.07 Å². The second kappa shape index (κ2) is 6.01. The zero-order valence-electron chi connectivity index (χ0n) is 12.0. The van der Waals surface area contributed by atoms with Crippen LogP contribution in [0, 0.1) is 0 Å². The molecule has 3 rings (SSSR count). The Morgan fingerprint density at radius 2 is 2.00 bits per heavy atom. The monoisotopic (exact) mass is 332 g/mol. The number of nitrogens with zero attached hydrogens (tertiary/aromatic N) is 5. The minimum atomic E-state index is -3.85. The second-order valence-electron chi connectivity index (χ2n) is 4.36. The molecule has 0 aliphatic carbocycles. The zero-order valence-corrected chi connectivity index (χ0v) is 12.8. The standard InChI is InChI=1S/C13H12N6O3S/c1-22-10-4-2-3-5-11(10)23(20,21)18-12-6-13(16-8-15-12)19-9-14-7-17-19/h2-9H,1H3,(H,15,16,18). The van der Waals surface area contributed by atoms with E-state index < -0.39 is 10.0 Å². The fraction of sp³-hybridized carbons (Fsp3) is 0.0769. The van der Waals surface area contributed by atoms with E-state index in [0.29, 0.717) is 5.82 Å². The van der Waals surface area contributed by atoms with Crippen LogP contribution < -0.4 is 9.46 Å². The van der Waals surface area contributed by atoms with Crippen molar-refractivity contribution in [3.63, 3.8) is 0 Å². The fourth-order valence-corrected chi connectivity index (χ4v) is 3.06. The van der Waals surface area contributed by atoms with Gasteiger partial charge in [0.2, 0.25) is 0 Å². The number of hydrogen-bond acceptors (Lipinski definition) is 7. The SMILES string of the molecule is COc1ccccc1S(=O)(=O)Nc1cc(-n2cncn2)ncn1. The van der Waals surface area contributed by atoms with E-state index in [-0.39, 0.29) is 16.5 Å². The number of aromatic nitrogens is 5. The molecule has 0 atom stereocenters. The van der Waals surface area contributed by atoms with E-state index >= 15 is 0 Å². The number of ether oxygens (including phenoxy) is 1. The van der Waals surface area contributed by atoms with E-state index in [2.05, 4.69) is 24.8 Å². The van der Waals surface area contributed by atoms with E-state index in [1.54, 1.807) is 18.2 Å². The van der Waals surface area contributed by atoms with Crippen LogP contribution in [-0.2, 0) is 10.0 Å². The molecule has 1 N–H and O–H groups in total. The van der Waals surface area contributed by atoms with Crippen LogP contribution in [0.2, 0.25) is 0 Å². The number of hydrogen-bond donors (Lipinski definition) is 1. The molecule has 118 valence electrons. The average Bonchev–Trinajstić information content (AvgIpc) is 3.09. The third-order valence-electron chi connectivity index (χ3n) is 2.90. The molecule has 9 nitrogen and oxygen atoms in total. The summed E-state index contributed by atoms with van der Waals surface area (Å²) in [4.78, 5) is 11.7. The van der Waals surface area contributed by atoms with Crippen molar-refractivity contribution in [2.45, 2.75) is 4.90 Å². The summed E-state index contributed by atoms with van der Waals surface area (Å²) >= 11 is 0. The Bertz CT molecular complexity index is 911. The van der Waals surface area contributed by atoms with Crippen molar-refractivity contribution in [1.29, 1.82) is 0 Å². The van der Waals surface area contributed by atoms with E-state index in [9.17, 15) is 8.42 Å². The molecule has 0 saturated heterocycles. The molecule has 0 fully saturated rings. The minimum absolute atomic E-state index is 0.0171. The summed E-state index contributed by atoms with van der Waals surface area (Å²) in [6.07, 6.45) is 4.03. The van der Waals surface area contributed by atoms with Gasteiger partial charge in [-0.3, -0.25) is 4.72 Å². The molecule has 0 saturated carbocycles. The maximum absolute atomic E-state index is 12.5. The van der Waals surface area contributed by atoms with Crippen molar-refractivity contribution in [2.24, 2.45) is 0 Å². The summed E-state index contributed by atoms with van der Waals surface area (Å²) in [6.45, 7) is 0. The number of nitrogens with one attached hydrogen (secondary N) is 1. The van der Waals surface area contributed by atoms with Crippen LogP contribution in [0.5, 0.6) is 5.75 Å². The Hall–Kier alpha value is -3.01. The predicted molar refractivity (Wildman–Crippen MR) is 80.8 cm³/mol. The first kappa shape index (κ1) is 14.9. The molecule has 0 bridgehead atoms. The lowest BCUT2D eigenvalue weighted by Gasteiger charge is -2.11. The predicted octanol–water partition coefficient (Wildman–Crippen LogP) is 0.867. The number of para-hydroxylation sites is 1. The zero-order chi connectivity index (χ0) is 16.3. The first-order valence-electron chi connectivity index (χ1n) is 6.43. The smallest absolute Gasteiger partial charge is 0.266 e. The normalized spacial score (nSPS) is 11.2. The molecular formula is C13H12N6O3S. The van der Waals surface area contributed by atoms with Gasteiger partial charge in [0.05, 0.1) is 7.11 Å². The summed E-state index contributed by atoms with van der Waals surface area (Å²) < 4.78 is 33.8. The molecule has 0 radical (unpaired) electrons. The number of sulfonamides is 1. The number of rotatable bonds is 5. The highest BCUT2D eigenvalue weighted by molar-refractivity contribution is 7.92. The van der Waals surface area contributed by atoms with Crippen LogP contribution >= 0.6 is 0 Å². The van der Waals surface area contributed by atoms with E-state index in [1.165, 1.54) is 42.9 Å². The highest BCUT2D eigenvalue weighted by Crippen LogP contribution is 2.24. The van der Waals surface area contributed by atoms with Gasteiger partial charge in [-0.25, -0.2) is 28.1 Å². The summed E-state index contributed by atoms with van der Waals surface area (Å²) in [5.41, 5.74) is 0. The molecule has 23 heavy (non-hydrogen) atoms. The largest absolute Gasteiger partial charge is 0.495 e. The Labute approximate surface area is 132 Å². The lowest BCUT2D eigenvalue weighted by atomic mass is 10.3. The van der Waals surface area contributed by atoms with Crippen molar-refractivity contribution >= 4 is 15.8 Å². The highest BCUT2D eigenvalue weighted by Gasteiger charge is 2.20. The lowest BCUT2D eigenvalue weighted by molar-refractivity contribution is 0.403. The van der Waals surface area contributed by atoms with Crippen LogP contribution in [0.1, 0.15) is 0 Å². The van der Waals surface area contributed by atoms with Gasteiger partial charge in [-0.15, -0.1) is 0 Å².